The second-order valence-corrected chi connectivity index (χ2v) is 8.95. The molecule has 0 amide bonds. The average molecular weight is 567 g/mol. The smallest absolute Gasteiger partial charge is 0.383 e. The molecule has 0 aliphatic carbocycles. The number of anilines is 2. The van der Waals surface area contributed by atoms with E-state index < -0.39 is 58.2 Å². The Labute approximate surface area is 222 Å². The van der Waals surface area contributed by atoms with E-state index in [1.807, 2.05) is 0 Å². The van der Waals surface area contributed by atoms with E-state index in [2.05, 4.69) is 20.4 Å². The lowest BCUT2D eigenvalue weighted by molar-refractivity contribution is -0.138. The Kier molecular flexibility index (Phi) is 8.11. The van der Waals surface area contributed by atoms with Crippen molar-refractivity contribution in [3.8, 4) is 11.4 Å². The number of pyridine rings is 1. The molecule has 0 aliphatic heterocycles. The van der Waals surface area contributed by atoms with Crippen LogP contribution in [0.25, 0.3) is 22.2 Å². The predicted octanol–water partition coefficient (Wildman–Crippen LogP) is 4.89. The van der Waals surface area contributed by atoms with Crippen molar-refractivity contribution in [3.63, 3.8) is 0 Å². The molecule has 0 saturated heterocycles. The number of nitrogens with one attached hydrogen (secondary N) is 2. The Morgan fingerprint density at radius 3 is 2.58 bits per heavy atom. The molecule has 4 rings (SSSR count). The molecular weight excluding hydrogens is 544 g/mol. The van der Waals surface area contributed by atoms with Crippen molar-refractivity contribution in [3.05, 3.63) is 74.4 Å². The van der Waals surface area contributed by atoms with Crippen molar-refractivity contribution in [2.75, 3.05) is 11.1 Å². The van der Waals surface area contributed by atoms with E-state index >= 15 is 0 Å². The number of aromatic amines is 1. The third-order valence-corrected chi connectivity index (χ3v) is 6.33. The van der Waals surface area contributed by atoms with Gasteiger partial charge in [-0.3, -0.25) is 9.59 Å². The molecule has 4 N–H and O–H groups in total. The van der Waals surface area contributed by atoms with Crippen molar-refractivity contribution in [1.82, 2.24) is 24.7 Å². The first-order valence-corrected chi connectivity index (χ1v) is 12.1. The summed E-state index contributed by atoms with van der Waals surface area (Å²) >= 11 is 0. The highest BCUT2D eigenvalue weighted by Gasteiger charge is 2.37. The van der Waals surface area contributed by atoms with Crippen LogP contribution in [0.15, 0.2) is 46.4 Å². The first-order valence-electron chi connectivity index (χ1n) is 12.1. The van der Waals surface area contributed by atoms with Gasteiger partial charge in [0.15, 0.2) is 5.82 Å². The van der Waals surface area contributed by atoms with Crippen molar-refractivity contribution < 1.29 is 26.3 Å². The molecule has 212 valence electrons. The number of H-pyrrole nitrogens is 1. The molecule has 9 nitrogen and oxygen atoms in total. The highest BCUT2D eigenvalue weighted by molar-refractivity contribution is 5.86. The van der Waals surface area contributed by atoms with Crippen LogP contribution >= 0.6 is 0 Å². The van der Waals surface area contributed by atoms with Crippen LogP contribution in [0.2, 0.25) is 0 Å². The summed E-state index contributed by atoms with van der Waals surface area (Å²) in [6.07, 6.45) is -3.42. The summed E-state index contributed by atoms with van der Waals surface area (Å²) in [5.74, 6) is -1.55. The lowest BCUT2D eigenvalue weighted by Crippen LogP contribution is -2.28. The van der Waals surface area contributed by atoms with Crippen LogP contribution < -0.4 is 22.2 Å². The molecule has 3 aromatic heterocycles. The van der Waals surface area contributed by atoms with Crippen molar-refractivity contribution >= 4 is 22.3 Å². The average Bonchev–Trinajstić information content (AvgIpc) is 2.88. The molecule has 0 radical (unpaired) electrons. The maximum atomic E-state index is 14.9. The van der Waals surface area contributed by atoms with Gasteiger partial charge in [0.05, 0.1) is 28.4 Å². The molecule has 0 aliphatic rings. The van der Waals surface area contributed by atoms with Gasteiger partial charge in [-0.1, -0.05) is 6.92 Å². The predicted molar refractivity (Wildman–Crippen MR) is 135 cm³/mol. The Morgan fingerprint density at radius 2 is 1.93 bits per heavy atom. The van der Waals surface area contributed by atoms with Crippen molar-refractivity contribution in [2.45, 2.75) is 51.4 Å². The lowest BCUT2D eigenvalue weighted by Gasteiger charge is -2.20. The number of aryl methyl sites for hydroxylation is 1. The SMILES string of the molecule is CCC(CCCn1ccc2cc(-c3ncc(C(F)F)c(N)n3)c(F)cc2c1=O)Nc1cn[nH]c(=O)c1C(F)(F)F. The maximum absolute atomic E-state index is 14.9. The summed E-state index contributed by atoms with van der Waals surface area (Å²) in [4.78, 5) is 32.2. The van der Waals surface area contributed by atoms with E-state index in [9.17, 15) is 35.9 Å². The molecule has 0 spiro atoms. The maximum Gasteiger partial charge on any atom is 0.423 e. The zero-order valence-electron chi connectivity index (χ0n) is 20.9. The second-order valence-electron chi connectivity index (χ2n) is 8.95. The first-order chi connectivity index (χ1) is 18.9. The largest absolute Gasteiger partial charge is 0.423 e. The van der Waals surface area contributed by atoms with Crippen LogP contribution in [0.4, 0.5) is 37.8 Å². The highest BCUT2D eigenvalue weighted by Crippen LogP contribution is 2.32. The molecule has 0 fully saturated rings. The summed E-state index contributed by atoms with van der Waals surface area (Å²) < 4.78 is 82.1. The second kappa shape index (κ2) is 11.4. The normalized spacial score (nSPS) is 12.7. The zero-order valence-corrected chi connectivity index (χ0v) is 20.9. The van der Waals surface area contributed by atoms with Gasteiger partial charge in [0, 0.05) is 25.0 Å². The summed E-state index contributed by atoms with van der Waals surface area (Å²) in [6, 6.07) is 3.42. The number of nitrogen functional groups attached to an aromatic ring is 1. The molecule has 1 atom stereocenters. The number of halogens is 6. The number of aromatic nitrogens is 5. The standard InChI is InChI=1S/C25H23F6N7O2/c1-2-13(35-18-11-34-37-23(39)19(18)25(29,30)31)4-3-6-38-7-5-12-8-15(17(26)9-14(12)24(38)40)22-33-10-16(20(27)28)21(32)36-22/h5,7-11,13,20H,2-4,6H2,1H3,(H2,32,33,36)(H2,35,37,39). The number of hydrogen-bond acceptors (Lipinski definition) is 7. The quantitative estimate of drug-likeness (QED) is 0.246. The molecule has 1 unspecified atom stereocenters. The molecular formula is C25H23F6N7O2. The van der Waals surface area contributed by atoms with Gasteiger partial charge in [0.1, 0.15) is 17.2 Å². The van der Waals surface area contributed by atoms with Gasteiger partial charge in [-0.2, -0.15) is 18.3 Å². The van der Waals surface area contributed by atoms with Crippen LogP contribution in [0, 0.1) is 5.82 Å². The minimum absolute atomic E-state index is 0.0514. The Morgan fingerprint density at radius 1 is 1.18 bits per heavy atom. The number of nitrogens with two attached hydrogens (primary N) is 1. The molecule has 1 aromatic carbocycles. The number of hydrogen-bond donors (Lipinski definition) is 3. The molecule has 4 aromatic rings. The van der Waals surface area contributed by atoms with Gasteiger partial charge in [0.25, 0.3) is 17.5 Å². The van der Waals surface area contributed by atoms with Crippen LogP contribution in [0.1, 0.15) is 43.7 Å². The molecule has 0 bridgehead atoms. The number of benzene rings is 1. The van der Waals surface area contributed by atoms with Gasteiger partial charge in [0.2, 0.25) is 0 Å². The van der Waals surface area contributed by atoms with Crippen molar-refractivity contribution in [1.29, 1.82) is 0 Å². The Balaban J connectivity index is 1.51. The monoisotopic (exact) mass is 567 g/mol. The minimum Gasteiger partial charge on any atom is -0.383 e. The third-order valence-electron chi connectivity index (χ3n) is 6.33. The summed E-state index contributed by atoms with van der Waals surface area (Å²) in [5, 5.41) is 8.34. The fourth-order valence-electron chi connectivity index (χ4n) is 4.25. The van der Waals surface area contributed by atoms with Crippen LogP contribution in [-0.2, 0) is 12.7 Å². The first kappa shape index (κ1) is 28.6. The van der Waals surface area contributed by atoms with Gasteiger partial charge < -0.3 is 15.6 Å². The number of nitrogens with zero attached hydrogens (tertiary/aromatic N) is 4. The topological polar surface area (TPSA) is 132 Å². The minimum atomic E-state index is -4.88. The van der Waals surface area contributed by atoms with Crippen LogP contribution in [0.5, 0.6) is 0 Å². The number of fused-ring (bicyclic) bond motifs is 1. The Hall–Kier alpha value is -4.43. The summed E-state index contributed by atoms with van der Waals surface area (Å²) in [6.45, 7) is 1.94. The molecule has 0 saturated carbocycles. The van der Waals surface area contributed by atoms with Gasteiger partial charge in [-0.05, 0) is 42.8 Å². The van der Waals surface area contributed by atoms with E-state index in [0.29, 0.717) is 24.6 Å². The number of rotatable bonds is 9. The lowest BCUT2D eigenvalue weighted by atomic mass is 10.1. The third kappa shape index (κ3) is 5.92. The van der Waals surface area contributed by atoms with Gasteiger partial charge in [-0.15, -0.1) is 0 Å². The number of alkyl halides is 5. The fourth-order valence-corrected chi connectivity index (χ4v) is 4.25. The van der Waals surface area contributed by atoms with E-state index in [1.54, 1.807) is 18.1 Å². The summed E-state index contributed by atoms with van der Waals surface area (Å²) in [5.41, 5.74) is 1.17. The molecule has 3 heterocycles. The van der Waals surface area contributed by atoms with E-state index in [-0.39, 0.29) is 23.3 Å². The summed E-state index contributed by atoms with van der Waals surface area (Å²) in [7, 11) is 0. The fraction of sp³-hybridized carbons (Fsp3) is 0.320. The van der Waals surface area contributed by atoms with E-state index in [1.165, 1.54) is 16.8 Å². The van der Waals surface area contributed by atoms with E-state index in [0.717, 1.165) is 18.5 Å². The van der Waals surface area contributed by atoms with Crippen LogP contribution in [0.3, 0.4) is 0 Å². The van der Waals surface area contributed by atoms with E-state index in [4.69, 9.17) is 5.73 Å². The zero-order chi connectivity index (χ0) is 29.2. The van der Waals surface area contributed by atoms with Gasteiger partial charge in [-0.25, -0.2) is 28.2 Å². The Bertz CT molecular complexity index is 1650. The van der Waals surface area contributed by atoms with Gasteiger partial charge >= 0.3 is 6.18 Å². The highest BCUT2D eigenvalue weighted by atomic mass is 19.4. The molecule has 40 heavy (non-hydrogen) atoms. The van der Waals surface area contributed by atoms with Crippen molar-refractivity contribution in [2.24, 2.45) is 0 Å². The molecule has 15 heteroatoms. The van der Waals surface area contributed by atoms with Crippen LogP contribution in [-0.4, -0.2) is 30.8 Å².